The lowest BCUT2D eigenvalue weighted by Crippen LogP contribution is -2.28. The number of aliphatic carboxylic acids is 1. The van der Waals surface area contributed by atoms with Crippen LogP contribution in [0.1, 0.15) is 23.7 Å². The maximum absolute atomic E-state index is 11.1. The number of fused-ring (bicyclic) bond motifs is 1. The molecule has 0 spiro atoms. The molecule has 0 saturated heterocycles. The van der Waals surface area contributed by atoms with E-state index in [0.29, 0.717) is 16.6 Å². The summed E-state index contributed by atoms with van der Waals surface area (Å²) in [5.74, 6) is -1.26. The van der Waals surface area contributed by atoms with E-state index in [0.717, 1.165) is 6.26 Å². The van der Waals surface area contributed by atoms with Gasteiger partial charge in [0, 0.05) is 12.4 Å². The summed E-state index contributed by atoms with van der Waals surface area (Å²) in [7, 11) is -5.01. The van der Waals surface area contributed by atoms with Crippen LogP contribution in [0.2, 0.25) is 0 Å². The highest BCUT2D eigenvalue weighted by molar-refractivity contribution is 7.86. The third-order valence-electron chi connectivity index (χ3n) is 2.87. The molecular weight excluding hydrogens is 287 g/mol. The minimum absolute atomic E-state index is 0.0421. The van der Waals surface area contributed by atoms with Crippen LogP contribution in [0, 0.1) is 6.92 Å². The van der Waals surface area contributed by atoms with E-state index < -0.39 is 35.7 Å². The van der Waals surface area contributed by atoms with Gasteiger partial charge in [-0.1, -0.05) is 0 Å². The summed E-state index contributed by atoms with van der Waals surface area (Å²) < 4.78 is 32.1. The van der Waals surface area contributed by atoms with Gasteiger partial charge in [-0.3, -0.25) is 0 Å². The Morgan fingerprint density at radius 1 is 1.55 bits per heavy atom. The van der Waals surface area contributed by atoms with Crippen LogP contribution in [0.5, 0.6) is 5.75 Å². The number of hydrogen-bond acceptors (Lipinski definition) is 7. The van der Waals surface area contributed by atoms with Gasteiger partial charge in [0.2, 0.25) is 0 Å². The van der Waals surface area contributed by atoms with Crippen LogP contribution >= 0.6 is 0 Å². The van der Waals surface area contributed by atoms with Crippen LogP contribution < -0.4 is 14.8 Å². The molecule has 0 bridgehead atoms. The monoisotopic (exact) mass is 299 g/mol. The van der Waals surface area contributed by atoms with Crippen LogP contribution in [-0.4, -0.2) is 32.8 Å². The average molecular weight is 299 g/mol. The van der Waals surface area contributed by atoms with Crippen LogP contribution in [0.3, 0.4) is 0 Å². The number of carbonyl (C=O) groups is 1. The highest BCUT2D eigenvalue weighted by Gasteiger charge is 2.37. The summed E-state index contributed by atoms with van der Waals surface area (Å²) in [6, 6.07) is 2.77. The first-order valence-electron chi connectivity index (χ1n) is 5.74. The Bertz CT molecular complexity index is 655. The van der Waals surface area contributed by atoms with Gasteiger partial charge in [-0.25, -0.2) is 0 Å². The molecule has 1 unspecified atom stereocenters. The zero-order chi connectivity index (χ0) is 15.1. The van der Waals surface area contributed by atoms with Gasteiger partial charge in [-0.15, -0.1) is 0 Å². The normalized spacial score (nSPS) is 17.9. The van der Waals surface area contributed by atoms with E-state index in [4.69, 9.17) is 8.84 Å². The van der Waals surface area contributed by atoms with Gasteiger partial charge in [0.25, 0.3) is 0 Å². The van der Waals surface area contributed by atoms with Crippen molar-refractivity contribution < 1.29 is 32.2 Å². The van der Waals surface area contributed by atoms with Crippen LogP contribution in [0.15, 0.2) is 12.1 Å². The third-order valence-corrected chi connectivity index (χ3v) is 3.37. The lowest BCUT2D eigenvalue weighted by atomic mass is 9.77. The molecule has 0 aromatic heterocycles. The van der Waals surface area contributed by atoms with E-state index in [9.17, 15) is 23.3 Å². The SMILES string of the molecule is Cc1cc(OS(C)(=O)=O)cc2c1C(CC(=O)[O-])OB2O. The molecule has 0 saturated carbocycles. The van der Waals surface area contributed by atoms with Crippen molar-refractivity contribution in [3.63, 3.8) is 0 Å². The number of carbonyl (C=O) groups excluding carboxylic acids is 1. The predicted octanol–water partition coefficient (Wildman–Crippen LogP) is -1.77. The Hall–Kier alpha value is -1.58. The number of rotatable bonds is 4. The third kappa shape index (κ3) is 3.11. The fourth-order valence-corrected chi connectivity index (χ4v) is 2.70. The molecule has 2 rings (SSSR count). The van der Waals surface area contributed by atoms with Crippen LogP contribution in [-0.2, 0) is 19.6 Å². The molecule has 7 nitrogen and oxygen atoms in total. The summed E-state index contributed by atoms with van der Waals surface area (Å²) in [5.41, 5.74) is 1.39. The van der Waals surface area contributed by atoms with Crippen molar-refractivity contribution in [3.8, 4) is 5.75 Å². The molecule has 1 aromatic carbocycles. The highest BCUT2D eigenvalue weighted by Crippen LogP contribution is 2.31. The topological polar surface area (TPSA) is 113 Å². The van der Waals surface area contributed by atoms with E-state index in [1.54, 1.807) is 6.92 Å². The van der Waals surface area contributed by atoms with Crippen molar-refractivity contribution in [1.29, 1.82) is 0 Å². The Morgan fingerprint density at radius 3 is 2.75 bits per heavy atom. The summed E-state index contributed by atoms with van der Waals surface area (Å²) in [5, 5.41) is 20.4. The van der Waals surface area contributed by atoms with Gasteiger partial charge >= 0.3 is 17.2 Å². The summed E-state index contributed by atoms with van der Waals surface area (Å²) >= 11 is 0. The molecule has 1 N–H and O–H groups in total. The second-order valence-corrected chi connectivity index (χ2v) is 6.16. The van der Waals surface area contributed by atoms with Crippen molar-refractivity contribution >= 4 is 28.7 Å². The zero-order valence-electron chi connectivity index (χ0n) is 10.8. The molecule has 1 atom stereocenters. The first kappa shape index (κ1) is 14.8. The minimum atomic E-state index is -3.69. The van der Waals surface area contributed by atoms with Crippen LogP contribution in [0.25, 0.3) is 0 Å². The maximum Gasteiger partial charge on any atom is 0.492 e. The second kappa shape index (κ2) is 5.08. The van der Waals surface area contributed by atoms with Gasteiger partial charge in [0.15, 0.2) is 0 Å². The Balaban J connectivity index is 2.42. The number of aryl methyl sites for hydroxylation is 1. The number of carboxylic acids is 1. The van der Waals surface area contributed by atoms with Crippen molar-refractivity contribution in [2.75, 3.05) is 6.26 Å². The maximum atomic E-state index is 11.1. The lowest BCUT2D eigenvalue weighted by Gasteiger charge is -2.15. The molecule has 0 fully saturated rings. The summed E-state index contributed by atoms with van der Waals surface area (Å²) in [6.45, 7) is 1.65. The summed E-state index contributed by atoms with van der Waals surface area (Å²) in [4.78, 5) is 10.7. The molecular formula is C11H12BO7S-. The number of carboxylic acid groups (broad SMARTS) is 1. The second-order valence-electron chi connectivity index (χ2n) is 4.58. The van der Waals surface area contributed by atoms with E-state index in [1.165, 1.54) is 12.1 Å². The number of benzene rings is 1. The fourth-order valence-electron chi connectivity index (χ4n) is 2.26. The first-order valence-corrected chi connectivity index (χ1v) is 7.56. The fraction of sp³-hybridized carbons (Fsp3) is 0.364. The van der Waals surface area contributed by atoms with Gasteiger partial charge < -0.3 is 23.8 Å². The van der Waals surface area contributed by atoms with Crippen LogP contribution in [0.4, 0.5) is 0 Å². The first-order chi connectivity index (χ1) is 9.17. The van der Waals surface area contributed by atoms with Crippen molar-refractivity contribution in [3.05, 3.63) is 23.3 Å². The molecule has 108 valence electrons. The molecule has 1 aromatic rings. The molecule has 9 heteroatoms. The summed E-state index contributed by atoms with van der Waals surface area (Å²) in [6.07, 6.45) is -0.309. The molecule has 0 aliphatic carbocycles. The van der Waals surface area contributed by atoms with Gasteiger partial charge in [-0.2, -0.15) is 8.42 Å². The highest BCUT2D eigenvalue weighted by atomic mass is 32.2. The van der Waals surface area contributed by atoms with E-state index in [2.05, 4.69) is 0 Å². The zero-order valence-corrected chi connectivity index (χ0v) is 11.6. The van der Waals surface area contributed by atoms with Gasteiger partial charge in [0.05, 0.1) is 12.4 Å². The Labute approximate surface area is 116 Å². The largest absolute Gasteiger partial charge is 0.550 e. The number of hydrogen-bond donors (Lipinski definition) is 1. The van der Waals surface area contributed by atoms with Crippen molar-refractivity contribution in [1.82, 2.24) is 0 Å². The molecule has 0 radical (unpaired) electrons. The smallest absolute Gasteiger partial charge is 0.492 e. The standard InChI is InChI=1S/C11H13BO7S/c1-6-3-7(19-20(2,16)17)4-8-11(6)9(5-10(13)14)18-12(8)15/h3-4,9,15H,5H2,1-2H3,(H,13,14)/p-1. The molecule has 1 aliphatic rings. The Kier molecular flexibility index (Phi) is 3.76. The van der Waals surface area contributed by atoms with Gasteiger partial charge in [-0.05, 0) is 35.6 Å². The van der Waals surface area contributed by atoms with Crippen molar-refractivity contribution in [2.45, 2.75) is 19.4 Å². The van der Waals surface area contributed by atoms with E-state index in [-0.39, 0.29) is 5.75 Å². The molecule has 0 amide bonds. The molecule has 1 heterocycles. The quantitative estimate of drug-likeness (QED) is 0.517. The van der Waals surface area contributed by atoms with E-state index in [1.807, 2.05) is 0 Å². The molecule has 1 aliphatic heterocycles. The predicted molar refractivity (Wildman–Crippen MR) is 67.7 cm³/mol. The lowest BCUT2D eigenvalue weighted by molar-refractivity contribution is -0.307. The van der Waals surface area contributed by atoms with Gasteiger partial charge in [0.1, 0.15) is 5.75 Å². The van der Waals surface area contributed by atoms with Crippen molar-refractivity contribution in [2.24, 2.45) is 0 Å². The Morgan fingerprint density at radius 2 is 2.20 bits per heavy atom. The molecule has 20 heavy (non-hydrogen) atoms. The average Bonchev–Trinajstić information content (AvgIpc) is 2.52. The van der Waals surface area contributed by atoms with E-state index >= 15 is 0 Å². The minimum Gasteiger partial charge on any atom is -0.550 e.